The fraction of sp³-hybridized carbons (Fsp3) is 0.385. The van der Waals surface area contributed by atoms with Gasteiger partial charge in [-0.1, -0.05) is 50.5 Å². The van der Waals surface area contributed by atoms with Crippen molar-refractivity contribution in [3.05, 3.63) is 53.7 Å². The smallest absolute Gasteiger partial charge is 0.250 e. The number of nitrogens with one attached hydrogen (secondary N) is 1. The molecule has 1 aliphatic heterocycles. The predicted octanol–water partition coefficient (Wildman–Crippen LogP) is 5.37. The second-order valence-corrected chi connectivity index (χ2v) is 9.19. The van der Waals surface area contributed by atoms with Crippen molar-refractivity contribution < 1.29 is 9.59 Å². The molecule has 1 aromatic heterocycles. The third-order valence-electron chi connectivity index (χ3n) is 6.83. The number of nitrogens with two attached hydrogens (primary N) is 1. The molecule has 1 unspecified atom stereocenters. The van der Waals surface area contributed by atoms with Crippen LogP contribution in [0.3, 0.4) is 0 Å². The highest BCUT2D eigenvalue weighted by atomic mass is 16.2. The van der Waals surface area contributed by atoms with Gasteiger partial charge in [0.15, 0.2) is 0 Å². The quantitative estimate of drug-likeness (QED) is 0.601. The number of aromatic nitrogens is 1. The fourth-order valence-corrected chi connectivity index (χ4v) is 5.39. The van der Waals surface area contributed by atoms with Crippen LogP contribution >= 0.6 is 0 Å². The number of primary amides is 1. The van der Waals surface area contributed by atoms with Crippen molar-refractivity contribution in [3.8, 4) is 11.1 Å². The Morgan fingerprint density at radius 3 is 2.61 bits per heavy atom. The van der Waals surface area contributed by atoms with E-state index in [9.17, 15) is 9.59 Å². The molecule has 1 amide bonds. The first-order valence-corrected chi connectivity index (χ1v) is 11.4. The lowest BCUT2D eigenvalue weighted by Gasteiger charge is -2.25. The summed E-state index contributed by atoms with van der Waals surface area (Å²) in [6.45, 7) is 2.13. The van der Waals surface area contributed by atoms with Gasteiger partial charge in [-0.2, -0.15) is 0 Å². The molecule has 3 aromatic rings. The van der Waals surface area contributed by atoms with E-state index in [0.717, 1.165) is 52.7 Å². The van der Waals surface area contributed by atoms with Crippen molar-refractivity contribution in [2.75, 3.05) is 5.32 Å². The largest absolute Gasteiger partial charge is 0.382 e. The third kappa shape index (κ3) is 3.52. The number of hydrogen-bond acceptors (Lipinski definition) is 3. The average Bonchev–Trinajstić information content (AvgIpc) is 3.08. The maximum absolute atomic E-state index is 12.9. The molecule has 1 atom stereocenters. The van der Waals surface area contributed by atoms with Crippen LogP contribution in [0.4, 0.5) is 5.69 Å². The van der Waals surface area contributed by atoms with Gasteiger partial charge in [0.05, 0.1) is 11.1 Å². The first-order valence-electron chi connectivity index (χ1n) is 11.4. The standard InChI is InChI=1S/C26H29N3O2/c1-16-13-23-25(20-9-5-6-10-22(20)29(23)24(30)14-16)17-11-12-19(26(27)31)21(15-17)28-18-7-3-2-4-8-18/h5-6,9-12,15-16,18,28H,2-4,7-8,13-14H2,1H3,(H2,27,31). The summed E-state index contributed by atoms with van der Waals surface area (Å²) in [7, 11) is 0. The number of para-hydroxylation sites is 1. The maximum Gasteiger partial charge on any atom is 0.250 e. The van der Waals surface area contributed by atoms with E-state index in [1.807, 2.05) is 34.9 Å². The van der Waals surface area contributed by atoms with Crippen molar-refractivity contribution in [1.29, 1.82) is 0 Å². The maximum atomic E-state index is 12.9. The van der Waals surface area contributed by atoms with Crippen LogP contribution in [0, 0.1) is 5.92 Å². The number of nitrogens with zero attached hydrogens (tertiary/aromatic N) is 1. The highest BCUT2D eigenvalue weighted by Crippen LogP contribution is 2.40. The number of carbonyl (C=O) groups excluding carboxylic acids is 2. The number of fused-ring (bicyclic) bond motifs is 3. The Bertz CT molecular complexity index is 1170. The molecule has 1 aliphatic carbocycles. The molecule has 0 bridgehead atoms. The van der Waals surface area contributed by atoms with E-state index in [2.05, 4.69) is 24.4 Å². The summed E-state index contributed by atoms with van der Waals surface area (Å²) in [6, 6.07) is 14.3. The van der Waals surface area contributed by atoms with Gasteiger partial charge in [-0.15, -0.1) is 0 Å². The minimum atomic E-state index is -0.419. The van der Waals surface area contributed by atoms with E-state index in [1.54, 1.807) is 0 Å². The van der Waals surface area contributed by atoms with Gasteiger partial charge in [0.25, 0.3) is 5.91 Å². The molecule has 5 heteroatoms. The lowest BCUT2D eigenvalue weighted by molar-refractivity contribution is 0.0866. The first kappa shape index (κ1) is 19.9. The Morgan fingerprint density at radius 2 is 1.84 bits per heavy atom. The lowest BCUT2D eigenvalue weighted by Crippen LogP contribution is -2.25. The lowest BCUT2D eigenvalue weighted by atomic mass is 9.91. The summed E-state index contributed by atoms with van der Waals surface area (Å²) in [4.78, 5) is 25.0. The first-order chi connectivity index (χ1) is 15.0. The van der Waals surface area contributed by atoms with Crippen LogP contribution in [0.5, 0.6) is 0 Å². The molecule has 2 aliphatic rings. The zero-order valence-electron chi connectivity index (χ0n) is 18.0. The van der Waals surface area contributed by atoms with Crippen LogP contribution in [-0.2, 0) is 6.42 Å². The molecule has 1 fully saturated rings. The van der Waals surface area contributed by atoms with Gasteiger partial charge >= 0.3 is 0 Å². The van der Waals surface area contributed by atoms with Crippen molar-refractivity contribution in [3.63, 3.8) is 0 Å². The zero-order valence-corrected chi connectivity index (χ0v) is 18.0. The van der Waals surface area contributed by atoms with Gasteiger partial charge < -0.3 is 11.1 Å². The minimum absolute atomic E-state index is 0.158. The third-order valence-corrected chi connectivity index (χ3v) is 6.83. The topological polar surface area (TPSA) is 77.1 Å². The second-order valence-electron chi connectivity index (χ2n) is 9.19. The molecule has 1 saturated carbocycles. The number of hydrogen-bond donors (Lipinski definition) is 2. The van der Waals surface area contributed by atoms with Crippen LogP contribution in [0.2, 0.25) is 0 Å². The molecule has 2 aromatic carbocycles. The van der Waals surface area contributed by atoms with E-state index in [0.29, 0.717) is 23.9 Å². The van der Waals surface area contributed by atoms with Gasteiger partial charge in [-0.05, 0) is 48.9 Å². The number of anilines is 1. The predicted molar refractivity (Wildman–Crippen MR) is 124 cm³/mol. The Morgan fingerprint density at radius 1 is 1.06 bits per heavy atom. The summed E-state index contributed by atoms with van der Waals surface area (Å²) in [5.74, 6) is 0.0516. The molecule has 5 rings (SSSR count). The zero-order chi connectivity index (χ0) is 21.5. The minimum Gasteiger partial charge on any atom is -0.382 e. The van der Waals surface area contributed by atoms with Crippen molar-refractivity contribution in [2.24, 2.45) is 11.7 Å². The van der Waals surface area contributed by atoms with Gasteiger partial charge in [-0.3, -0.25) is 14.2 Å². The number of carbonyl (C=O) groups is 2. The number of amides is 1. The highest BCUT2D eigenvalue weighted by molar-refractivity contribution is 6.06. The Hall–Kier alpha value is -3.08. The van der Waals surface area contributed by atoms with E-state index < -0.39 is 5.91 Å². The summed E-state index contributed by atoms with van der Waals surface area (Å²) in [6.07, 6.45) is 7.34. The molecular formula is C26H29N3O2. The van der Waals surface area contributed by atoms with Crippen molar-refractivity contribution in [2.45, 2.75) is 57.9 Å². The molecule has 5 nitrogen and oxygen atoms in total. The molecule has 31 heavy (non-hydrogen) atoms. The molecule has 0 spiro atoms. The van der Waals surface area contributed by atoms with Gasteiger partial charge in [0, 0.05) is 34.8 Å². The summed E-state index contributed by atoms with van der Waals surface area (Å²) < 4.78 is 1.90. The molecular weight excluding hydrogens is 386 g/mol. The molecule has 160 valence electrons. The number of benzene rings is 2. The Kier molecular flexibility index (Phi) is 5.05. The average molecular weight is 416 g/mol. The molecule has 0 saturated heterocycles. The summed E-state index contributed by atoms with van der Waals surface area (Å²) in [5.41, 5.74) is 11.2. The van der Waals surface area contributed by atoms with Gasteiger partial charge in [-0.25, -0.2) is 0 Å². The Labute approximate surface area is 182 Å². The highest BCUT2D eigenvalue weighted by Gasteiger charge is 2.29. The molecule has 2 heterocycles. The van der Waals surface area contributed by atoms with Crippen molar-refractivity contribution in [1.82, 2.24) is 4.57 Å². The van der Waals surface area contributed by atoms with Crippen LogP contribution in [0.1, 0.15) is 66.3 Å². The van der Waals surface area contributed by atoms with E-state index in [-0.39, 0.29) is 5.91 Å². The van der Waals surface area contributed by atoms with Crippen LogP contribution in [0.15, 0.2) is 42.5 Å². The van der Waals surface area contributed by atoms with E-state index in [4.69, 9.17) is 5.73 Å². The second kappa shape index (κ2) is 7.88. The molecule has 0 radical (unpaired) electrons. The van der Waals surface area contributed by atoms with E-state index >= 15 is 0 Å². The number of rotatable bonds is 4. The molecule has 3 N–H and O–H groups in total. The monoisotopic (exact) mass is 415 g/mol. The fourth-order valence-electron chi connectivity index (χ4n) is 5.39. The normalized spacial score (nSPS) is 19.4. The Balaban J connectivity index is 1.67. The summed E-state index contributed by atoms with van der Waals surface area (Å²) in [5, 5.41) is 4.68. The SMILES string of the molecule is CC1CC(=O)n2c(c(-c3ccc(C(N)=O)c(NC4CCCCC4)c3)c3ccccc32)C1. The summed E-state index contributed by atoms with van der Waals surface area (Å²) >= 11 is 0. The van der Waals surface area contributed by atoms with Crippen LogP contribution < -0.4 is 11.1 Å². The van der Waals surface area contributed by atoms with Gasteiger partial charge in [0.1, 0.15) is 0 Å². The van der Waals surface area contributed by atoms with Gasteiger partial charge in [0.2, 0.25) is 5.91 Å². The van der Waals surface area contributed by atoms with Crippen molar-refractivity contribution >= 4 is 28.4 Å². The van der Waals surface area contributed by atoms with E-state index in [1.165, 1.54) is 19.3 Å². The van der Waals surface area contributed by atoms with Crippen LogP contribution in [-0.4, -0.2) is 22.4 Å². The van der Waals surface area contributed by atoms with Crippen LogP contribution in [0.25, 0.3) is 22.0 Å².